The Kier molecular flexibility index (Phi) is 4.69. The van der Waals surface area contributed by atoms with Gasteiger partial charge in [0, 0.05) is 19.6 Å². The topological polar surface area (TPSA) is 52.6 Å². The van der Waals surface area contributed by atoms with Gasteiger partial charge in [-0.1, -0.05) is 42.5 Å². The molecule has 0 radical (unpaired) electrons. The van der Waals surface area contributed by atoms with E-state index in [9.17, 15) is 14.3 Å². The number of amides is 1. The lowest BCUT2D eigenvalue weighted by Crippen LogP contribution is -2.51. The highest BCUT2D eigenvalue weighted by atomic mass is 19.1. The number of benzene rings is 2. The van der Waals surface area contributed by atoms with Crippen molar-refractivity contribution in [2.45, 2.75) is 12.1 Å². The molecule has 0 spiro atoms. The van der Waals surface area contributed by atoms with Crippen LogP contribution in [0.3, 0.4) is 0 Å². The van der Waals surface area contributed by atoms with Gasteiger partial charge in [-0.05, 0) is 23.3 Å². The quantitative estimate of drug-likeness (QED) is 0.908. The summed E-state index contributed by atoms with van der Waals surface area (Å²) in [4.78, 5) is 14.2. The van der Waals surface area contributed by atoms with Crippen LogP contribution in [0.15, 0.2) is 54.6 Å². The van der Waals surface area contributed by atoms with Gasteiger partial charge in [0.05, 0.1) is 6.10 Å². The molecule has 2 atom stereocenters. The Morgan fingerprint density at radius 3 is 2.57 bits per heavy atom. The molecule has 1 aliphatic rings. The SMILES string of the molecule is O=C1NCCN(CC(O)c2ccc(F)cc2)C1c1ccccc1. The van der Waals surface area contributed by atoms with Crippen LogP contribution in [0.5, 0.6) is 0 Å². The van der Waals surface area contributed by atoms with Gasteiger partial charge in [-0.25, -0.2) is 4.39 Å². The zero-order valence-electron chi connectivity index (χ0n) is 12.7. The Bertz CT molecular complexity index is 660. The highest BCUT2D eigenvalue weighted by molar-refractivity contribution is 5.83. The molecule has 1 saturated heterocycles. The van der Waals surface area contributed by atoms with Crippen molar-refractivity contribution in [1.82, 2.24) is 10.2 Å². The highest BCUT2D eigenvalue weighted by Crippen LogP contribution is 2.26. The fourth-order valence-corrected chi connectivity index (χ4v) is 2.92. The van der Waals surface area contributed by atoms with Crippen LogP contribution in [0, 0.1) is 5.82 Å². The molecule has 0 aromatic heterocycles. The lowest BCUT2D eigenvalue weighted by atomic mass is 10.0. The molecule has 23 heavy (non-hydrogen) atoms. The molecule has 0 aliphatic carbocycles. The second-order valence-corrected chi connectivity index (χ2v) is 5.67. The molecule has 4 nitrogen and oxygen atoms in total. The number of hydrogen-bond donors (Lipinski definition) is 2. The maximum atomic E-state index is 13.0. The van der Waals surface area contributed by atoms with Gasteiger partial charge in [-0.3, -0.25) is 9.69 Å². The van der Waals surface area contributed by atoms with Gasteiger partial charge in [-0.15, -0.1) is 0 Å². The number of nitrogens with zero attached hydrogens (tertiary/aromatic N) is 1. The number of aliphatic hydroxyl groups is 1. The van der Waals surface area contributed by atoms with Gasteiger partial charge >= 0.3 is 0 Å². The standard InChI is InChI=1S/C18H19FN2O2/c19-15-8-6-13(7-9-15)16(22)12-21-11-10-20-18(23)17(21)14-4-2-1-3-5-14/h1-9,16-17,22H,10-12H2,(H,20,23). The van der Waals surface area contributed by atoms with Crippen LogP contribution >= 0.6 is 0 Å². The van der Waals surface area contributed by atoms with Crippen LogP contribution in [-0.2, 0) is 4.79 Å². The van der Waals surface area contributed by atoms with Crippen molar-refractivity contribution in [1.29, 1.82) is 0 Å². The third-order valence-corrected chi connectivity index (χ3v) is 4.09. The average molecular weight is 314 g/mol. The fraction of sp³-hybridized carbons (Fsp3) is 0.278. The highest BCUT2D eigenvalue weighted by Gasteiger charge is 2.32. The number of carbonyl (C=O) groups excluding carboxylic acids is 1. The number of nitrogens with one attached hydrogen (secondary N) is 1. The second kappa shape index (κ2) is 6.89. The van der Waals surface area contributed by atoms with Crippen molar-refractivity contribution in [2.75, 3.05) is 19.6 Å². The predicted octanol–water partition coefficient (Wildman–Crippen LogP) is 2.03. The van der Waals surface area contributed by atoms with Gasteiger partial charge in [0.2, 0.25) is 5.91 Å². The summed E-state index contributed by atoms with van der Waals surface area (Å²) < 4.78 is 13.0. The fourth-order valence-electron chi connectivity index (χ4n) is 2.92. The molecule has 5 heteroatoms. The smallest absolute Gasteiger partial charge is 0.242 e. The molecular weight excluding hydrogens is 295 g/mol. The number of halogens is 1. The summed E-state index contributed by atoms with van der Waals surface area (Å²) >= 11 is 0. The number of piperazine rings is 1. The van der Waals surface area contributed by atoms with Crippen LogP contribution in [0.1, 0.15) is 23.3 Å². The maximum absolute atomic E-state index is 13.0. The molecule has 2 aromatic rings. The van der Waals surface area contributed by atoms with Crippen molar-refractivity contribution in [2.24, 2.45) is 0 Å². The normalized spacial score (nSPS) is 20.1. The molecule has 3 rings (SSSR count). The molecule has 1 heterocycles. The summed E-state index contributed by atoms with van der Waals surface area (Å²) in [5.41, 5.74) is 1.54. The predicted molar refractivity (Wildman–Crippen MR) is 85.1 cm³/mol. The largest absolute Gasteiger partial charge is 0.387 e. The van der Waals surface area contributed by atoms with Crippen molar-refractivity contribution in [3.05, 3.63) is 71.5 Å². The van der Waals surface area contributed by atoms with Crippen LogP contribution < -0.4 is 5.32 Å². The minimum atomic E-state index is -0.771. The summed E-state index contributed by atoms with van der Waals surface area (Å²) in [6.45, 7) is 1.53. The van der Waals surface area contributed by atoms with Crippen LogP contribution in [0.25, 0.3) is 0 Å². The van der Waals surface area contributed by atoms with E-state index >= 15 is 0 Å². The molecule has 1 fully saturated rings. The Labute approximate surface area is 134 Å². The van der Waals surface area contributed by atoms with Gasteiger partial charge in [0.15, 0.2) is 0 Å². The Morgan fingerprint density at radius 2 is 1.87 bits per heavy atom. The van der Waals surface area contributed by atoms with Gasteiger partial charge in [0.25, 0.3) is 0 Å². The van der Waals surface area contributed by atoms with E-state index in [1.54, 1.807) is 12.1 Å². The molecule has 0 bridgehead atoms. The summed E-state index contributed by atoms with van der Waals surface area (Å²) in [5.74, 6) is -0.394. The zero-order chi connectivity index (χ0) is 16.2. The first kappa shape index (κ1) is 15.6. The Morgan fingerprint density at radius 1 is 1.17 bits per heavy atom. The number of aliphatic hydroxyl groups excluding tert-OH is 1. The molecule has 0 saturated carbocycles. The summed E-state index contributed by atoms with van der Waals surface area (Å²) in [6, 6.07) is 14.9. The monoisotopic (exact) mass is 314 g/mol. The van der Waals surface area contributed by atoms with E-state index in [1.165, 1.54) is 12.1 Å². The second-order valence-electron chi connectivity index (χ2n) is 5.67. The van der Waals surface area contributed by atoms with Gasteiger partial charge < -0.3 is 10.4 Å². The summed E-state index contributed by atoms with van der Waals surface area (Å²) in [6.07, 6.45) is -0.771. The molecule has 2 N–H and O–H groups in total. The summed E-state index contributed by atoms with van der Waals surface area (Å²) in [5, 5.41) is 13.3. The van der Waals surface area contributed by atoms with Crippen molar-refractivity contribution in [3.63, 3.8) is 0 Å². The molecular formula is C18H19FN2O2. The minimum absolute atomic E-state index is 0.0613. The van der Waals surface area contributed by atoms with Crippen molar-refractivity contribution >= 4 is 5.91 Å². The lowest BCUT2D eigenvalue weighted by Gasteiger charge is -2.36. The minimum Gasteiger partial charge on any atom is -0.387 e. The number of carbonyl (C=O) groups is 1. The van der Waals surface area contributed by atoms with E-state index in [0.717, 1.165) is 5.56 Å². The first-order valence-corrected chi connectivity index (χ1v) is 7.65. The van der Waals surface area contributed by atoms with Crippen LogP contribution in [-0.4, -0.2) is 35.5 Å². The maximum Gasteiger partial charge on any atom is 0.242 e. The Hall–Kier alpha value is -2.24. The van der Waals surface area contributed by atoms with E-state index in [0.29, 0.717) is 25.2 Å². The van der Waals surface area contributed by atoms with Gasteiger partial charge in [-0.2, -0.15) is 0 Å². The molecule has 120 valence electrons. The zero-order valence-corrected chi connectivity index (χ0v) is 12.7. The lowest BCUT2D eigenvalue weighted by molar-refractivity contribution is -0.130. The third-order valence-electron chi connectivity index (χ3n) is 4.09. The van der Waals surface area contributed by atoms with E-state index in [-0.39, 0.29) is 11.7 Å². The first-order valence-electron chi connectivity index (χ1n) is 7.65. The van der Waals surface area contributed by atoms with Crippen molar-refractivity contribution in [3.8, 4) is 0 Å². The van der Waals surface area contributed by atoms with E-state index in [4.69, 9.17) is 0 Å². The van der Waals surface area contributed by atoms with Crippen LogP contribution in [0.4, 0.5) is 4.39 Å². The third kappa shape index (κ3) is 3.57. The van der Waals surface area contributed by atoms with E-state index in [2.05, 4.69) is 5.32 Å². The molecule has 2 unspecified atom stereocenters. The Balaban J connectivity index is 1.79. The molecule has 1 aliphatic heterocycles. The number of β-amino-alcohol motifs (C(OH)–C–C–N with tert-alkyl or cyclic N) is 1. The number of hydrogen-bond acceptors (Lipinski definition) is 3. The number of rotatable bonds is 4. The van der Waals surface area contributed by atoms with Gasteiger partial charge in [0.1, 0.15) is 11.9 Å². The van der Waals surface area contributed by atoms with E-state index < -0.39 is 12.1 Å². The average Bonchev–Trinajstić information content (AvgIpc) is 2.56. The van der Waals surface area contributed by atoms with E-state index in [1.807, 2.05) is 35.2 Å². The molecule has 1 amide bonds. The first-order chi connectivity index (χ1) is 11.1. The summed E-state index contributed by atoms with van der Waals surface area (Å²) in [7, 11) is 0. The van der Waals surface area contributed by atoms with Crippen molar-refractivity contribution < 1.29 is 14.3 Å². The van der Waals surface area contributed by atoms with Crippen LogP contribution in [0.2, 0.25) is 0 Å². The molecule has 2 aromatic carbocycles.